The van der Waals surface area contributed by atoms with Crippen LogP contribution in [0.25, 0.3) is 17.0 Å². The summed E-state index contributed by atoms with van der Waals surface area (Å²) in [5, 5.41) is 2.63. The highest BCUT2D eigenvalue weighted by Crippen LogP contribution is 2.36. The Bertz CT molecular complexity index is 1630. The van der Waals surface area contributed by atoms with E-state index in [1.54, 1.807) is 35.2 Å². The number of rotatable bonds is 6. The molecule has 0 atom stereocenters. The van der Waals surface area contributed by atoms with Crippen LogP contribution in [-0.4, -0.2) is 40.2 Å². The van der Waals surface area contributed by atoms with Crippen LogP contribution in [0.1, 0.15) is 28.4 Å². The number of carbonyl (C=O) groups excluding carboxylic acids is 2. The predicted molar refractivity (Wildman–Crippen MR) is 155 cm³/mol. The molecule has 1 aromatic heterocycles. The fourth-order valence-electron chi connectivity index (χ4n) is 4.30. The van der Waals surface area contributed by atoms with Crippen molar-refractivity contribution >= 4 is 74.7 Å². The molecule has 1 saturated heterocycles. The Labute approximate surface area is 234 Å². The molecule has 0 unspecified atom stereocenters. The third kappa shape index (κ3) is 5.23. The Morgan fingerprint density at radius 2 is 1.87 bits per heavy atom. The van der Waals surface area contributed by atoms with E-state index in [0.29, 0.717) is 44.5 Å². The van der Waals surface area contributed by atoms with Crippen molar-refractivity contribution in [1.82, 2.24) is 9.47 Å². The van der Waals surface area contributed by atoms with Crippen molar-refractivity contribution in [3.05, 3.63) is 105 Å². The van der Waals surface area contributed by atoms with Gasteiger partial charge in [0.2, 0.25) is 0 Å². The van der Waals surface area contributed by atoms with Crippen molar-refractivity contribution in [2.24, 2.45) is 4.99 Å². The number of nitrogens with zero attached hydrogens (tertiary/aromatic N) is 3. The number of fused-ring (bicyclic) bond motifs is 1. The Hall–Kier alpha value is -3.52. The highest BCUT2D eigenvalue weighted by molar-refractivity contribution is 8.18. The molecule has 6 nitrogen and oxygen atoms in total. The van der Waals surface area contributed by atoms with Gasteiger partial charge in [0, 0.05) is 35.8 Å². The summed E-state index contributed by atoms with van der Waals surface area (Å²) in [7, 11) is 1.34. The van der Waals surface area contributed by atoms with Gasteiger partial charge in [0.05, 0.1) is 33.3 Å². The fraction of sp³-hybridized carbons (Fsp3) is 0.138. The molecular weight excluding hydrogens is 541 g/mol. The van der Waals surface area contributed by atoms with Gasteiger partial charge in [0.1, 0.15) is 0 Å². The van der Waals surface area contributed by atoms with Crippen molar-refractivity contribution < 1.29 is 14.3 Å². The van der Waals surface area contributed by atoms with Crippen LogP contribution in [0.5, 0.6) is 0 Å². The number of amidine groups is 1. The first kappa shape index (κ1) is 26.1. The molecule has 1 amide bonds. The van der Waals surface area contributed by atoms with Crippen molar-refractivity contribution in [1.29, 1.82) is 0 Å². The van der Waals surface area contributed by atoms with Crippen LogP contribution in [-0.2, 0) is 16.1 Å². The normalized spacial score (nSPS) is 15.7. The summed E-state index contributed by atoms with van der Waals surface area (Å²) in [6.45, 7) is 2.98. The minimum Gasteiger partial charge on any atom is -0.465 e. The van der Waals surface area contributed by atoms with Gasteiger partial charge in [-0.15, -0.1) is 0 Å². The molecule has 0 radical (unpaired) electrons. The molecule has 0 saturated carbocycles. The standard InChI is InChI=1S/C29H23Cl2N3O3S/c1-3-34-27(35)26(38-29(34)32-21-8-6-7-19(14-21)28(36)37-2)15-20-17-33(25-10-5-4-9-22(20)25)16-18-11-12-23(30)24(31)13-18/h4-15,17H,3,16H2,1-2H3. The second-order valence-electron chi connectivity index (χ2n) is 8.57. The predicted octanol–water partition coefficient (Wildman–Crippen LogP) is 7.41. The van der Waals surface area contributed by atoms with Gasteiger partial charge in [-0.1, -0.05) is 53.5 Å². The number of halogens is 2. The van der Waals surface area contributed by atoms with E-state index in [1.807, 2.05) is 49.5 Å². The van der Waals surface area contributed by atoms with Crippen LogP contribution in [0.4, 0.5) is 5.69 Å². The van der Waals surface area contributed by atoms with Crippen LogP contribution in [0.15, 0.2) is 82.8 Å². The number of benzene rings is 3. The lowest BCUT2D eigenvalue weighted by Gasteiger charge is -2.12. The topological polar surface area (TPSA) is 63.9 Å². The fourth-order valence-corrected chi connectivity index (χ4v) is 5.67. The summed E-state index contributed by atoms with van der Waals surface area (Å²) in [6.07, 6.45) is 3.95. The van der Waals surface area contributed by atoms with E-state index in [9.17, 15) is 9.59 Å². The van der Waals surface area contributed by atoms with Gasteiger partial charge in [0.15, 0.2) is 5.17 Å². The molecule has 5 rings (SSSR count). The summed E-state index contributed by atoms with van der Waals surface area (Å²) < 4.78 is 6.94. The molecule has 9 heteroatoms. The number of amides is 1. The lowest BCUT2D eigenvalue weighted by Crippen LogP contribution is -2.28. The molecule has 1 aliphatic rings. The maximum absolute atomic E-state index is 13.3. The molecule has 0 N–H and O–H groups in total. The summed E-state index contributed by atoms with van der Waals surface area (Å²) in [5.41, 5.74) is 3.97. The van der Waals surface area contributed by atoms with Crippen LogP contribution in [0.3, 0.4) is 0 Å². The number of aromatic nitrogens is 1. The first-order chi connectivity index (χ1) is 18.4. The Morgan fingerprint density at radius 1 is 1.05 bits per heavy atom. The van der Waals surface area contributed by atoms with Gasteiger partial charge in [-0.25, -0.2) is 9.79 Å². The highest BCUT2D eigenvalue weighted by Gasteiger charge is 2.32. The van der Waals surface area contributed by atoms with E-state index < -0.39 is 5.97 Å². The lowest BCUT2D eigenvalue weighted by molar-refractivity contribution is -0.122. The first-order valence-electron chi connectivity index (χ1n) is 11.9. The first-order valence-corrected chi connectivity index (χ1v) is 13.5. The molecule has 38 heavy (non-hydrogen) atoms. The molecule has 0 aliphatic carbocycles. The number of hydrogen-bond donors (Lipinski definition) is 0. The minimum absolute atomic E-state index is 0.110. The molecular formula is C29H23Cl2N3O3S. The molecule has 3 aromatic carbocycles. The molecule has 1 fully saturated rings. The van der Waals surface area contributed by atoms with E-state index in [-0.39, 0.29) is 5.91 Å². The zero-order valence-electron chi connectivity index (χ0n) is 20.7. The molecule has 192 valence electrons. The molecule has 2 heterocycles. The Morgan fingerprint density at radius 3 is 2.63 bits per heavy atom. The molecule has 0 spiro atoms. The van der Waals surface area contributed by atoms with E-state index >= 15 is 0 Å². The number of hydrogen-bond acceptors (Lipinski definition) is 5. The van der Waals surface area contributed by atoms with E-state index in [1.165, 1.54) is 18.9 Å². The maximum Gasteiger partial charge on any atom is 0.337 e. The van der Waals surface area contributed by atoms with Crippen LogP contribution < -0.4 is 0 Å². The van der Waals surface area contributed by atoms with Gasteiger partial charge in [-0.3, -0.25) is 9.69 Å². The third-order valence-corrected chi connectivity index (χ3v) is 7.88. The quantitative estimate of drug-likeness (QED) is 0.181. The van der Waals surface area contributed by atoms with Crippen LogP contribution >= 0.6 is 35.0 Å². The van der Waals surface area contributed by atoms with Gasteiger partial charge >= 0.3 is 5.97 Å². The van der Waals surface area contributed by atoms with E-state index in [4.69, 9.17) is 27.9 Å². The number of carbonyl (C=O) groups is 2. The van der Waals surface area contributed by atoms with Gasteiger partial charge in [0.25, 0.3) is 5.91 Å². The second-order valence-corrected chi connectivity index (χ2v) is 10.4. The molecule has 4 aromatic rings. The number of methoxy groups -OCH3 is 1. The van der Waals surface area contributed by atoms with E-state index in [2.05, 4.69) is 15.6 Å². The summed E-state index contributed by atoms with van der Waals surface area (Å²) >= 11 is 13.6. The Balaban J connectivity index is 1.49. The van der Waals surface area contributed by atoms with Crippen molar-refractivity contribution in [3.63, 3.8) is 0 Å². The largest absolute Gasteiger partial charge is 0.465 e. The van der Waals surface area contributed by atoms with Crippen molar-refractivity contribution in [3.8, 4) is 0 Å². The van der Waals surface area contributed by atoms with Gasteiger partial charge in [-0.2, -0.15) is 0 Å². The zero-order valence-corrected chi connectivity index (χ0v) is 23.0. The SMILES string of the molecule is CCN1C(=O)C(=Cc2cn(Cc3ccc(Cl)c(Cl)c3)c3ccccc23)SC1=Nc1cccc(C(=O)OC)c1. The zero-order chi connectivity index (χ0) is 26.8. The average Bonchev–Trinajstić information content (AvgIpc) is 3.42. The minimum atomic E-state index is -0.438. The maximum atomic E-state index is 13.3. The summed E-state index contributed by atoms with van der Waals surface area (Å²) in [4.78, 5) is 32.1. The highest BCUT2D eigenvalue weighted by atomic mass is 35.5. The van der Waals surface area contributed by atoms with Crippen molar-refractivity contribution in [2.75, 3.05) is 13.7 Å². The average molecular weight is 564 g/mol. The third-order valence-electron chi connectivity index (χ3n) is 6.14. The molecule has 0 bridgehead atoms. The van der Waals surface area contributed by atoms with Gasteiger partial charge < -0.3 is 9.30 Å². The van der Waals surface area contributed by atoms with E-state index in [0.717, 1.165) is 22.0 Å². The van der Waals surface area contributed by atoms with Gasteiger partial charge in [-0.05, 0) is 66.7 Å². The number of para-hydroxylation sites is 1. The van der Waals surface area contributed by atoms with Crippen LogP contribution in [0.2, 0.25) is 10.0 Å². The number of thioether (sulfide) groups is 1. The lowest BCUT2D eigenvalue weighted by atomic mass is 10.1. The molecule has 1 aliphatic heterocycles. The monoisotopic (exact) mass is 563 g/mol. The number of esters is 1. The van der Waals surface area contributed by atoms with Crippen molar-refractivity contribution in [2.45, 2.75) is 13.5 Å². The Kier molecular flexibility index (Phi) is 7.61. The summed E-state index contributed by atoms with van der Waals surface area (Å²) in [6, 6.07) is 20.5. The number of likely N-dealkylation sites (N-methyl/N-ethyl adjacent to an activating group) is 1. The smallest absolute Gasteiger partial charge is 0.337 e. The van der Waals surface area contributed by atoms with Crippen LogP contribution in [0, 0.1) is 0 Å². The number of aliphatic imine (C=N–C) groups is 1. The number of ether oxygens (including phenoxy) is 1. The second kappa shape index (κ2) is 11.1. The summed E-state index contributed by atoms with van der Waals surface area (Å²) in [5.74, 6) is -0.547.